The second-order valence-electron chi connectivity index (χ2n) is 6.25. The predicted octanol–water partition coefficient (Wildman–Crippen LogP) is 3.85. The van der Waals surface area contributed by atoms with Gasteiger partial charge in [0.05, 0.1) is 0 Å². The Hall–Kier alpha value is -0.860. The lowest BCUT2D eigenvalue weighted by molar-refractivity contribution is 0.0706. The molecule has 1 aromatic carbocycles. The molecule has 0 bridgehead atoms. The van der Waals surface area contributed by atoms with Gasteiger partial charge in [-0.2, -0.15) is 0 Å². The Morgan fingerprint density at radius 1 is 1.20 bits per heavy atom. The summed E-state index contributed by atoms with van der Waals surface area (Å²) in [7, 11) is 0. The number of nitrogens with zero attached hydrogens (tertiary/aromatic N) is 1. The first-order valence-electron chi connectivity index (χ1n) is 8.21. The van der Waals surface area contributed by atoms with E-state index in [1.54, 1.807) is 0 Å². The maximum atomic E-state index is 3.77. The molecule has 0 aliphatic carbocycles. The van der Waals surface area contributed by atoms with Crippen molar-refractivity contribution < 1.29 is 0 Å². The molecule has 112 valence electrons. The van der Waals surface area contributed by atoms with Gasteiger partial charge in [-0.15, -0.1) is 0 Å². The van der Waals surface area contributed by atoms with Gasteiger partial charge in [0, 0.05) is 31.2 Å². The van der Waals surface area contributed by atoms with Crippen LogP contribution in [0.5, 0.6) is 0 Å². The van der Waals surface area contributed by atoms with Crippen molar-refractivity contribution in [3.05, 3.63) is 35.9 Å². The minimum Gasteiger partial charge on any atom is -0.311 e. The summed E-state index contributed by atoms with van der Waals surface area (Å²) < 4.78 is 0. The van der Waals surface area contributed by atoms with Crippen molar-refractivity contribution in [3.63, 3.8) is 0 Å². The number of hydrogen-bond donors (Lipinski definition) is 1. The summed E-state index contributed by atoms with van der Waals surface area (Å²) >= 11 is 0. The Kier molecular flexibility index (Phi) is 5.62. The highest BCUT2D eigenvalue weighted by molar-refractivity contribution is 5.19. The third-order valence-electron chi connectivity index (χ3n) is 5.07. The van der Waals surface area contributed by atoms with E-state index in [1.807, 2.05) is 0 Å². The minimum atomic E-state index is 0.509. The van der Waals surface area contributed by atoms with Crippen molar-refractivity contribution in [2.45, 2.75) is 58.7 Å². The van der Waals surface area contributed by atoms with Crippen molar-refractivity contribution >= 4 is 0 Å². The van der Waals surface area contributed by atoms with Crippen LogP contribution in [-0.2, 0) is 0 Å². The summed E-state index contributed by atoms with van der Waals surface area (Å²) in [5.74, 6) is 0.748. The highest BCUT2D eigenvalue weighted by Crippen LogP contribution is 2.27. The third kappa shape index (κ3) is 3.42. The summed E-state index contributed by atoms with van der Waals surface area (Å²) in [6.07, 6.45) is 2.47. The van der Waals surface area contributed by atoms with E-state index < -0.39 is 0 Å². The van der Waals surface area contributed by atoms with E-state index in [2.05, 4.69) is 68.2 Å². The van der Waals surface area contributed by atoms with Crippen LogP contribution in [0.1, 0.15) is 52.1 Å². The fourth-order valence-electron chi connectivity index (χ4n) is 3.29. The lowest BCUT2D eigenvalue weighted by Crippen LogP contribution is -2.58. The maximum Gasteiger partial charge on any atom is 0.0324 e. The summed E-state index contributed by atoms with van der Waals surface area (Å²) in [6.45, 7) is 11.6. The molecule has 1 fully saturated rings. The molecule has 1 aliphatic heterocycles. The molecule has 1 aliphatic rings. The van der Waals surface area contributed by atoms with Crippen molar-refractivity contribution in [1.29, 1.82) is 0 Å². The second-order valence-corrected chi connectivity index (χ2v) is 6.25. The number of rotatable bonds is 5. The van der Waals surface area contributed by atoms with Crippen LogP contribution in [-0.4, -0.2) is 30.1 Å². The van der Waals surface area contributed by atoms with E-state index >= 15 is 0 Å². The van der Waals surface area contributed by atoms with E-state index in [9.17, 15) is 0 Å². The largest absolute Gasteiger partial charge is 0.311 e. The molecule has 2 heteroatoms. The zero-order chi connectivity index (χ0) is 14.5. The zero-order valence-corrected chi connectivity index (χ0v) is 13.5. The molecule has 4 atom stereocenters. The second kappa shape index (κ2) is 7.24. The number of nitrogens with one attached hydrogen (secondary N) is 1. The molecule has 0 radical (unpaired) electrons. The summed E-state index contributed by atoms with van der Waals surface area (Å²) in [5.41, 5.74) is 1.44. The van der Waals surface area contributed by atoms with Gasteiger partial charge in [0.15, 0.2) is 0 Å². The monoisotopic (exact) mass is 274 g/mol. The van der Waals surface area contributed by atoms with Crippen LogP contribution in [0.25, 0.3) is 0 Å². The smallest absolute Gasteiger partial charge is 0.0324 e. The fourth-order valence-corrected chi connectivity index (χ4v) is 3.29. The van der Waals surface area contributed by atoms with E-state index in [1.165, 1.54) is 24.9 Å². The highest BCUT2D eigenvalue weighted by atomic mass is 15.3. The molecule has 20 heavy (non-hydrogen) atoms. The van der Waals surface area contributed by atoms with Crippen LogP contribution in [0.4, 0.5) is 0 Å². The van der Waals surface area contributed by atoms with E-state index in [-0.39, 0.29) is 0 Å². The van der Waals surface area contributed by atoms with Crippen LogP contribution in [0.15, 0.2) is 30.3 Å². The van der Waals surface area contributed by atoms with Gasteiger partial charge in [0.25, 0.3) is 0 Å². The maximum absolute atomic E-state index is 3.77. The summed E-state index contributed by atoms with van der Waals surface area (Å²) in [4.78, 5) is 2.71. The van der Waals surface area contributed by atoms with Crippen LogP contribution >= 0.6 is 0 Å². The molecule has 0 aromatic heterocycles. The van der Waals surface area contributed by atoms with Crippen molar-refractivity contribution in [3.8, 4) is 0 Å². The average Bonchev–Trinajstić information content (AvgIpc) is 2.53. The lowest BCUT2D eigenvalue weighted by Gasteiger charge is -2.45. The Morgan fingerprint density at radius 3 is 2.50 bits per heavy atom. The minimum absolute atomic E-state index is 0.509. The highest BCUT2D eigenvalue weighted by Gasteiger charge is 2.32. The Labute approximate surface area is 124 Å². The Balaban J connectivity index is 2.12. The summed E-state index contributed by atoms with van der Waals surface area (Å²) in [5, 5.41) is 3.77. The van der Waals surface area contributed by atoms with Gasteiger partial charge in [-0.3, -0.25) is 4.90 Å². The van der Waals surface area contributed by atoms with Gasteiger partial charge in [0.1, 0.15) is 0 Å². The van der Waals surface area contributed by atoms with Crippen molar-refractivity contribution in [2.24, 2.45) is 5.92 Å². The van der Waals surface area contributed by atoms with Crippen LogP contribution in [0.3, 0.4) is 0 Å². The molecule has 1 heterocycles. The van der Waals surface area contributed by atoms with Crippen LogP contribution in [0, 0.1) is 5.92 Å². The molecule has 1 aromatic rings. The molecule has 0 saturated carbocycles. The van der Waals surface area contributed by atoms with Gasteiger partial charge in [-0.1, -0.05) is 57.5 Å². The van der Waals surface area contributed by atoms with Crippen molar-refractivity contribution in [2.75, 3.05) is 13.1 Å². The number of benzene rings is 1. The molecule has 1 N–H and O–H groups in total. The zero-order valence-electron chi connectivity index (χ0n) is 13.5. The van der Waals surface area contributed by atoms with Gasteiger partial charge >= 0.3 is 0 Å². The molecule has 2 rings (SSSR count). The first kappa shape index (κ1) is 15.5. The van der Waals surface area contributed by atoms with Crippen molar-refractivity contribution in [1.82, 2.24) is 10.2 Å². The third-order valence-corrected chi connectivity index (χ3v) is 5.07. The number of hydrogen-bond acceptors (Lipinski definition) is 2. The molecule has 0 spiro atoms. The van der Waals surface area contributed by atoms with E-state index in [4.69, 9.17) is 0 Å². The quantitative estimate of drug-likeness (QED) is 0.877. The topological polar surface area (TPSA) is 15.3 Å². The first-order valence-corrected chi connectivity index (χ1v) is 8.21. The average molecular weight is 274 g/mol. The predicted molar refractivity (Wildman–Crippen MR) is 86.9 cm³/mol. The molecule has 1 saturated heterocycles. The van der Waals surface area contributed by atoms with Crippen LogP contribution in [0.2, 0.25) is 0 Å². The SMILES string of the molecule is CCC(C)C1CN(C(C)c2ccccc2)C(CC)CN1. The van der Waals surface area contributed by atoms with E-state index in [0.717, 1.165) is 12.5 Å². The first-order chi connectivity index (χ1) is 9.67. The van der Waals surface area contributed by atoms with Gasteiger partial charge in [0.2, 0.25) is 0 Å². The standard InChI is InChI=1S/C18H30N2/c1-5-14(3)18-13-20(17(6-2)12-19-18)15(4)16-10-8-7-9-11-16/h7-11,14-15,17-19H,5-6,12-13H2,1-4H3. The Morgan fingerprint density at radius 2 is 1.90 bits per heavy atom. The van der Waals surface area contributed by atoms with Gasteiger partial charge in [-0.05, 0) is 24.8 Å². The normalized spacial score (nSPS) is 27.2. The molecular weight excluding hydrogens is 244 g/mol. The summed E-state index contributed by atoms with van der Waals surface area (Å²) in [6, 6.07) is 12.7. The number of piperazine rings is 1. The molecule has 4 unspecified atom stereocenters. The Bertz CT molecular complexity index is 390. The fraction of sp³-hybridized carbons (Fsp3) is 0.667. The molecule has 2 nitrogen and oxygen atoms in total. The van der Waals surface area contributed by atoms with Gasteiger partial charge < -0.3 is 5.32 Å². The van der Waals surface area contributed by atoms with E-state index in [0.29, 0.717) is 18.1 Å². The lowest BCUT2D eigenvalue weighted by atomic mass is 9.92. The van der Waals surface area contributed by atoms with Gasteiger partial charge in [-0.25, -0.2) is 0 Å². The molecule has 0 amide bonds. The van der Waals surface area contributed by atoms with Crippen LogP contribution < -0.4 is 5.32 Å². The molecular formula is C18H30N2.